The normalized spacial score (nSPS) is 10.4. The van der Waals surface area contributed by atoms with Crippen LogP contribution in [0.2, 0.25) is 0 Å². The number of benzene rings is 2. The van der Waals surface area contributed by atoms with E-state index in [4.69, 9.17) is 0 Å². The van der Waals surface area contributed by atoms with Crippen LogP contribution in [0.5, 0.6) is 0 Å². The van der Waals surface area contributed by atoms with Crippen molar-refractivity contribution in [2.24, 2.45) is 0 Å². The van der Waals surface area contributed by atoms with Crippen molar-refractivity contribution in [1.29, 1.82) is 0 Å². The molecule has 0 saturated carbocycles. The first-order chi connectivity index (χ1) is 9.16. The number of aryl methyl sites for hydroxylation is 2. The van der Waals surface area contributed by atoms with Gasteiger partial charge < -0.3 is 0 Å². The van der Waals surface area contributed by atoms with E-state index in [1.165, 1.54) is 16.0 Å². The van der Waals surface area contributed by atoms with Gasteiger partial charge in [0.05, 0.1) is 0 Å². The predicted molar refractivity (Wildman–Crippen MR) is 82.0 cm³/mol. The summed E-state index contributed by atoms with van der Waals surface area (Å²) in [5.41, 5.74) is 3.42. The van der Waals surface area contributed by atoms with E-state index >= 15 is 0 Å². The molecule has 0 atom stereocenters. The van der Waals surface area contributed by atoms with Gasteiger partial charge in [0.15, 0.2) is 5.78 Å². The van der Waals surface area contributed by atoms with Crippen molar-refractivity contribution in [2.75, 3.05) is 5.75 Å². The van der Waals surface area contributed by atoms with Gasteiger partial charge in [0.2, 0.25) is 0 Å². The molecule has 0 aliphatic rings. The summed E-state index contributed by atoms with van der Waals surface area (Å²) in [5.74, 6) is 1.05. The van der Waals surface area contributed by atoms with Crippen molar-refractivity contribution in [3.63, 3.8) is 0 Å². The quantitative estimate of drug-likeness (QED) is 0.580. The van der Waals surface area contributed by atoms with E-state index < -0.39 is 0 Å². The van der Waals surface area contributed by atoms with E-state index in [-0.39, 0.29) is 5.78 Å². The molecule has 0 amide bonds. The Kier molecular flexibility index (Phi) is 4.80. The SMILES string of the molecule is Cc1ccc(SCCC(=O)c2ccccc2)cc1C. The Hall–Kier alpha value is -1.54. The first-order valence-electron chi connectivity index (χ1n) is 6.45. The van der Waals surface area contributed by atoms with E-state index in [2.05, 4.69) is 32.0 Å². The van der Waals surface area contributed by atoms with Gasteiger partial charge in [0, 0.05) is 22.6 Å². The van der Waals surface area contributed by atoms with Gasteiger partial charge in [-0.25, -0.2) is 0 Å². The molecule has 0 N–H and O–H groups in total. The van der Waals surface area contributed by atoms with Crippen molar-refractivity contribution >= 4 is 17.5 Å². The third kappa shape index (κ3) is 3.97. The molecule has 2 aromatic rings. The fourth-order valence-electron chi connectivity index (χ4n) is 1.83. The second-order valence-corrected chi connectivity index (χ2v) is 5.80. The molecule has 2 rings (SSSR count). The van der Waals surface area contributed by atoms with Gasteiger partial charge in [0.25, 0.3) is 0 Å². The zero-order valence-corrected chi connectivity index (χ0v) is 12.2. The maximum Gasteiger partial charge on any atom is 0.163 e. The van der Waals surface area contributed by atoms with Crippen molar-refractivity contribution in [3.8, 4) is 0 Å². The summed E-state index contributed by atoms with van der Waals surface area (Å²) in [4.78, 5) is 13.2. The highest BCUT2D eigenvalue weighted by Crippen LogP contribution is 2.22. The molecule has 0 aromatic heterocycles. The molecule has 0 bridgehead atoms. The largest absolute Gasteiger partial charge is 0.294 e. The van der Waals surface area contributed by atoms with Gasteiger partial charge in [-0.1, -0.05) is 36.4 Å². The van der Waals surface area contributed by atoms with Crippen LogP contribution < -0.4 is 0 Å². The zero-order chi connectivity index (χ0) is 13.7. The van der Waals surface area contributed by atoms with Crippen LogP contribution in [0.25, 0.3) is 0 Å². The molecule has 1 nitrogen and oxygen atoms in total. The van der Waals surface area contributed by atoms with E-state index in [0.717, 1.165) is 11.3 Å². The number of Topliss-reactive ketones (excluding diaryl/α,β-unsaturated/α-hetero) is 1. The fraction of sp³-hybridized carbons (Fsp3) is 0.235. The average molecular weight is 270 g/mol. The summed E-state index contributed by atoms with van der Waals surface area (Å²) in [6.07, 6.45) is 0.585. The first kappa shape index (κ1) is 13.9. The van der Waals surface area contributed by atoms with Crippen molar-refractivity contribution in [1.82, 2.24) is 0 Å². The summed E-state index contributed by atoms with van der Waals surface area (Å²) < 4.78 is 0. The van der Waals surface area contributed by atoms with Gasteiger partial charge in [-0.15, -0.1) is 11.8 Å². The minimum atomic E-state index is 0.219. The van der Waals surface area contributed by atoms with Gasteiger partial charge in [0.1, 0.15) is 0 Å². The average Bonchev–Trinajstić information content (AvgIpc) is 2.43. The summed E-state index contributed by atoms with van der Waals surface area (Å²) in [6.45, 7) is 4.23. The molecule has 0 heterocycles. The second-order valence-electron chi connectivity index (χ2n) is 4.63. The summed E-state index contributed by atoms with van der Waals surface area (Å²) >= 11 is 1.75. The Morgan fingerprint density at radius 1 is 1.00 bits per heavy atom. The highest BCUT2D eigenvalue weighted by Gasteiger charge is 2.05. The number of thioether (sulfide) groups is 1. The molecule has 0 saturated heterocycles. The maximum absolute atomic E-state index is 11.9. The van der Waals surface area contributed by atoms with Crippen LogP contribution in [0.1, 0.15) is 27.9 Å². The molecule has 0 unspecified atom stereocenters. The lowest BCUT2D eigenvalue weighted by Crippen LogP contribution is -1.99. The topological polar surface area (TPSA) is 17.1 Å². The number of rotatable bonds is 5. The summed E-state index contributed by atoms with van der Waals surface area (Å²) in [6, 6.07) is 15.9. The van der Waals surface area contributed by atoms with Crippen LogP contribution in [0.15, 0.2) is 53.4 Å². The molecule has 0 radical (unpaired) electrons. The Morgan fingerprint density at radius 2 is 1.74 bits per heavy atom. The van der Waals surface area contributed by atoms with Crippen molar-refractivity contribution < 1.29 is 4.79 Å². The summed E-state index contributed by atoms with van der Waals surface area (Å²) in [5, 5.41) is 0. The summed E-state index contributed by atoms with van der Waals surface area (Å²) in [7, 11) is 0. The van der Waals surface area contributed by atoms with Gasteiger partial charge in [-0.05, 0) is 37.1 Å². The lowest BCUT2D eigenvalue weighted by Gasteiger charge is -2.05. The fourth-order valence-corrected chi connectivity index (χ4v) is 2.78. The monoisotopic (exact) mass is 270 g/mol. The molecule has 98 valence electrons. The zero-order valence-electron chi connectivity index (χ0n) is 11.3. The molecule has 0 aliphatic carbocycles. The number of ketones is 1. The van der Waals surface area contributed by atoms with Gasteiger partial charge in [-0.2, -0.15) is 0 Å². The predicted octanol–water partition coefficient (Wildman–Crippen LogP) is 4.67. The molecule has 0 spiro atoms. The minimum absolute atomic E-state index is 0.219. The van der Waals surface area contributed by atoms with E-state index in [9.17, 15) is 4.79 Å². The third-order valence-corrected chi connectivity index (χ3v) is 4.17. The Morgan fingerprint density at radius 3 is 2.42 bits per heavy atom. The lowest BCUT2D eigenvalue weighted by atomic mass is 10.1. The van der Waals surface area contributed by atoms with Gasteiger partial charge >= 0.3 is 0 Å². The third-order valence-electron chi connectivity index (χ3n) is 3.17. The Labute approximate surface area is 119 Å². The number of hydrogen-bond acceptors (Lipinski definition) is 2. The molecule has 0 fully saturated rings. The van der Waals surface area contributed by atoms with E-state index in [1.807, 2.05) is 30.3 Å². The van der Waals surface area contributed by atoms with Gasteiger partial charge in [-0.3, -0.25) is 4.79 Å². The van der Waals surface area contributed by atoms with Crippen molar-refractivity contribution in [2.45, 2.75) is 25.2 Å². The maximum atomic E-state index is 11.9. The van der Waals surface area contributed by atoms with Crippen LogP contribution in [-0.2, 0) is 0 Å². The van der Waals surface area contributed by atoms with Crippen LogP contribution in [0.4, 0.5) is 0 Å². The highest BCUT2D eigenvalue weighted by molar-refractivity contribution is 7.99. The highest BCUT2D eigenvalue weighted by atomic mass is 32.2. The number of carbonyl (C=O) groups excluding carboxylic acids is 1. The first-order valence-corrected chi connectivity index (χ1v) is 7.43. The molecule has 0 aliphatic heterocycles. The molecule has 19 heavy (non-hydrogen) atoms. The number of carbonyl (C=O) groups is 1. The molecular weight excluding hydrogens is 252 g/mol. The lowest BCUT2D eigenvalue weighted by molar-refractivity contribution is 0.0989. The Bertz CT molecular complexity index is 561. The van der Waals surface area contributed by atoms with Crippen LogP contribution in [0, 0.1) is 13.8 Å². The molecule has 2 aromatic carbocycles. The van der Waals surface area contributed by atoms with E-state index in [1.54, 1.807) is 11.8 Å². The van der Waals surface area contributed by atoms with Crippen LogP contribution in [0.3, 0.4) is 0 Å². The van der Waals surface area contributed by atoms with Crippen LogP contribution in [-0.4, -0.2) is 11.5 Å². The second kappa shape index (κ2) is 6.58. The standard InChI is InChI=1S/C17H18OS/c1-13-8-9-16(12-14(13)2)19-11-10-17(18)15-6-4-3-5-7-15/h3-9,12H,10-11H2,1-2H3. The smallest absolute Gasteiger partial charge is 0.163 e. The molecular formula is C17H18OS. The minimum Gasteiger partial charge on any atom is -0.294 e. The molecule has 2 heteroatoms. The van der Waals surface area contributed by atoms with Crippen molar-refractivity contribution in [3.05, 3.63) is 65.2 Å². The number of hydrogen-bond donors (Lipinski definition) is 0. The van der Waals surface area contributed by atoms with Crippen LogP contribution >= 0.6 is 11.8 Å². The van der Waals surface area contributed by atoms with E-state index in [0.29, 0.717) is 6.42 Å². The Balaban J connectivity index is 1.87.